The van der Waals surface area contributed by atoms with E-state index in [-0.39, 0.29) is 37.4 Å². The first-order chi connectivity index (χ1) is 15.4. The van der Waals surface area contributed by atoms with E-state index >= 15 is 0 Å². The molecule has 3 rings (SSSR count). The predicted molar refractivity (Wildman–Crippen MR) is 123 cm³/mol. The average Bonchev–Trinajstić information content (AvgIpc) is 3.43. The molecule has 0 spiro atoms. The molecule has 0 bridgehead atoms. The summed E-state index contributed by atoms with van der Waals surface area (Å²) in [6.07, 6.45) is 2.92. The van der Waals surface area contributed by atoms with Gasteiger partial charge in [-0.25, -0.2) is 8.42 Å². The van der Waals surface area contributed by atoms with Crippen LogP contribution in [0, 0.1) is 6.92 Å². The van der Waals surface area contributed by atoms with E-state index in [0.29, 0.717) is 25.3 Å². The van der Waals surface area contributed by atoms with Gasteiger partial charge in [-0.2, -0.15) is 4.31 Å². The van der Waals surface area contributed by atoms with Crippen LogP contribution >= 0.6 is 0 Å². The molecule has 2 heterocycles. The lowest BCUT2D eigenvalue weighted by molar-refractivity contribution is -0.133. The molecule has 0 aliphatic carbocycles. The minimum absolute atomic E-state index is 0.0412. The quantitative estimate of drug-likeness (QED) is 0.480. The Kier molecular flexibility index (Phi) is 8.90. The van der Waals surface area contributed by atoms with E-state index in [4.69, 9.17) is 9.15 Å². The number of carbonyl (C=O) groups excluding carboxylic acids is 1. The lowest BCUT2D eigenvalue weighted by atomic mass is 10.2. The third kappa shape index (κ3) is 7.18. The van der Waals surface area contributed by atoms with Gasteiger partial charge >= 0.3 is 0 Å². The van der Waals surface area contributed by atoms with E-state index in [0.717, 1.165) is 30.6 Å². The average molecular weight is 463 g/mol. The van der Waals surface area contributed by atoms with Crippen molar-refractivity contribution in [1.82, 2.24) is 9.21 Å². The van der Waals surface area contributed by atoms with Crippen molar-refractivity contribution in [3.63, 3.8) is 0 Å². The molecule has 1 aliphatic rings. The van der Waals surface area contributed by atoms with Gasteiger partial charge in [-0.05, 0) is 43.9 Å². The van der Waals surface area contributed by atoms with Crippen LogP contribution in [0.25, 0.3) is 0 Å². The van der Waals surface area contributed by atoms with Crippen molar-refractivity contribution in [2.45, 2.75) is 58.7 Å². The van der Waals surface area contributed by atoms with Gasteiger partial charge in [0.25, 0.3) is 0 Å². The molecule has 1 aliphatic heterocycles. The normalized spacial score (nSPS) is 16.5. The molecule has 1 saturated heterocycles. The van der Waals surface area contributed by atoms with Crippen LogP contribution in [-0.4, -0.2) is 55.1 Å². The van der Waals surface area contributed by atoms with E-state index in [1.807, 2.05) is 56.3 Å². The highest BCUT2D eigenvalue weighted by atomic mass is 32.2. The molecular weight excluding hydrogens is 428 g/mol. The summed E-state index contributed by atoms with van der Waals surface area (Å²) in [5.41, 5.74) is 0.976. The van der Waals surface area contributed by atoms with E-state index in [1.54, 1.807) is 4.90 Å². The molecule has 0 N–H and O–H groups in total. The van der Waals surface area contributed by atoms with Gasteiger partial charge in [0.1, 0.15) is 11.5 Å². The van der Waals surface area contributed by atoms with Gasteiger partial charge in [-0.15, -0.1) is 0 Å². The molecule has 7 nitrogen and oxygen atoms in total. The Bertz CT molecular complexity index is 952. The summed E-state index contributed by atoms with van der Waals surface area (Å²) in [6.45, 7) is 5.13. The van der Waals surface area contributed by atoms with Crippen LogP contribution in [0.3, 0.4) is 0 Å². The molecule has 1 atom stereocenters. The number of furan rings is 1. The molecule has 0 radical (unpaired) electrons. The minimum atomic E-state index is -3.56. The summed E-state index contributed by atoms with van der Waals surface area (Å²) in [5.74, 6) is 1.24. The lowest BCUT2D eigenvalue weighted by Gasteiger charge is -2.28. The van der Waals surface area contributed by atoms with Crippen molar-refractivity contribution in [3.8, 4) is 0 Å². The molecule has 0 saturated carbocycles. The standard InChI is InChI=1S/C24H34N2O5S/c1-3-4-15-32(28,29)26(18-22-11-8-14-30-22)19-24(27)25(16-21-9-6-5-7-10-21)17-23-13-12-20(2)31-23/h5-7,9-10,12-13,22H,3-4,8,11,14-19H2,1-2H3. The highest BCUT2D eigenvalue weighted by Gasteiger charge is 2.30. The largest absolute Gasteiger partial charge is 0.464 e. The van der Waals surface area contributed by atoms with Crippen molar-refractivity contribution < 1.29 is 22.4 Å². The Hall–Kier alpha value is -2.16. The third-order valence-corrected chi connectivity index (χ3v) is 7.47. The van der Waals surface area contributed by atoms with Gasteiger partial charge < -0.3 is 14.1 Å². The van der Waals surface area contributed by atoms with Crippen LogP contribution < -0.4 is 0 Å². The second kappa shape index (κ2) is 11.6. The first-order valence-corrected chi connectivity index (χ1v) is 12.9. The molecule has 32 heavy (non-hydrogen) atoms. The second-order valence-corrected chi connectivity index (χ2v) is 10.4. The molecule has 2 aromatic rings. The Balaban J connectivity index is 1.78. The predicted octanol–water partition coefficient (Wildman–Crippen LogP) is 3.73. The fourth-order valence-electron chi connectivity index (χ4n) is 3.79. The molecule has 1 aromatic heterocycles. The molecule has 1 fully saturated rings. The zero-order valence-electron chi connectivity index (χ0n) is 19.0. The Morgan fingerprint density at radius 1 is 1.12 bits per heavy atom. The first-order valence-electron chi connectivity index (χ1n) is 11.3. The number of unbranched alkanes of at least 4 members (excludes halogenated alkanes) is 1. The maximum atomic E-state index is 13.4. The molecule has 1 unspecified atom stereocenters. The van der Waals surface area contributed by atoms with Gasteiger partial charge in [0, 0.05) is 19.7 Å². The number of amides is 1. The van der Waals surface area contributed by atoms with Gasteiger partial charge in [0.05, 0.1) is 24.9 Å². The lowest BCUT2D eigenvalue weighted by Crippen LogP contribution is -2.46. The Morgan fingerprint density at radius 2 is 1.91 bits per heavy atom. The Morgan fingerprint density at radius 3 is 2.53 bits per heavy atom. The van der Waals surface area contributed by atoms with Gasteiger partial charge in [-0.1, -0.05) is 43.7 Å². The maximum Gasteiger partial charge on any atom is 0.238 e. The number of rotatable bonds is 12. The summed E-state index contributed by atoms with van der Waals surface area (Å²) in [5, 5.41) is 0. The number of carbonyl (C=O) groups is 1. The third-order valence-electron chi connectivity index (χ3n) is 5.60. The molecule has 176 valence electrons. The van der Waals surface area contributed by atoms with Gasteiger partial charge in [-0.3, -0.25) is 4.79 Å². The van der Waals surface area contributed by atoms with Crippen LogP contribution in [-0.2, 0) is 32.6 Å². The highest BCUT2D eigenvalue weighted by Crippen LogP contribution is 2.18. The van der Waals surface area contributed by atoms with Gasteiger partial charge in [0.15, 0.2) is 0 Å². The van der Waals surface area contributed by atoms with Crippen LogP contribution in [0.1, 0.15) is 49.7 Å². The number of hydrogen-bond acceptors (Lipinski definition) is 5. The first kappa shape index (κ1) is 24.5. The minimum Gasteiger partial charge on any atom is -0.464 e. The van der Waals surface area contributed by atoms with Gasteiger partial charge in [0.2, 0.25) is 15.9 Å². The maximum absolute atomic E-state index is 13.4. The van der Waals surface area contributed by atoms with Crippen molar-refractivity contribution >= 4 is 15.9 Å². The number of aryl methyl sites for hydroxylation is 1. The monoisotopic (exact) mass is 462 g/mol. The highest BCUT2D eigenvalue weighted by molar-refractivity contribution is 7.89. The zero-order chi connectivity index (χ0) is 23.0. The number of nitrogens with zero attached hydrogens (tertiary/aromatic N) is 2. The fourth-order valence-corrected chi connectivity index (χ4v) is 5.41. The van der Waals surface area contributed by atoms with Crippen LogP contribution in [0.5, 0.6) is 0 Å². The van der Waals surface area contributed by atoms with E-state index < -0.39 is 10.0 Å². The second-order valence-electron chi connectivity index (χ2n) is 8.34. The van der Waals surface area contributed by atoms with E-state index in [9.17, 15) is 13.2 Å². The molecule has 1 aromatic carbocycles. The SMILES string of the molecule is CCCCS(=O)(=O)N(CC(=O)N(Cc1ccccc1)Cc1ccc(C)o1)CC1CCCO1. The molecule has 8 heteroatoms. The van der Waals surface area contributed by atoms with Crippen LogP contribution in [0.15, 0.2) is 46.9 Å². The van der Waals surface area contributed by atoms with Crippen molar-refractivity contribution in [2.24, 2.45) is 0 Å². The van der Waals surface area contributed by atoms with Crippen molar-refractivity contribution in [1.29, 1.82) is 0 Å². The molecular formula is C24H34N2O5S. The number of benzene rings is 1. The van der Waals surface area contributed by atoms with E-state index in [2.05, 4.69) is 0 Å². The summed E-state index contributed by atoms with van der Waals surface area (Å²) < 4.78 is 38.8. The zero-order valence-corrected chi connectivity index (χ0v) is 19.9. The summed E-state index contributed by atoms with van der Waals surface area (Å²) >= 11 is 0. The fraction of sp³-hybridized carbons (Fsp3) is 0.542. The summed E-state index contributed by atoms with van der Waals surface area (Å²) in [4.78, 5) is 15.1. The van der Waals surface area contributed by atoms with Crippen LogP contribution in [0.2, 0.25) is 0 Å². The van der Waals surface area contributed by atoms with Crippen molar-refractivity contribution in [2.75, 3.05) is 25.4 Å². The summed E-state index contributed by atoms with van der Waals surface area (Å²) in [6, 6.07) is 13.4. The smallest absolute Gasteiger partial charge is 0.238 e. The van der Waals surface area contributed by atoms with Crippen molar-refractivity contribution in [3.05, 3.63) is 59.5 Å². The number of sulfonamides is 1. The topological polar surface area (TPSA) is 80.1 Å². The number of ether oxygens (including phenoxy) is 1. The Labute approximate surface area is 191 Å². The molecule has 1 amide bonds. The van der Waals surface area contributed by atoms with Crippen LogP contribution in [0.4, 0.5) is 0 Å². The number of hydrogen-bond donors (Lipinski definition) is 0. The summed E-state index contributed by atoms with van der Waals surface area (Å²) in [7, 11) is -3.56. The van der Waals surface area contributed by atoms with E-state index in [1.165, 1.54) is 4.31 Å².